The average molecular weight is 565 g/mol. The molecule has 0 rings (SSSR count). The Bertz CT molecular complexity index is 693. The van der Waals surface area contributed by atoms with Crippen LogP contribution in [0.25, 0.3) is 0 Å². The number of hydrogen-bond acceptors (Lipinski definition) is 7. The summed E-state index contributed by atoms with van der Waals surface area (Å²) < 4.78 is 32.7. The van der Waals surface area contributed by atoms with E-state index >= 15 is 0 Å². The van der Waals surface area contributed by atoms with Gasteiger partial charge in [-0.2, -0.15) is 0 Å². The molecule has 38 heavy (non-hydrogen) atoms. The summed E-state index contributed by atoms with van der Waals surface area (Å²) in [5.41, 5.74) is 0. The minimum absolute atomic E-state index is 0.0282. The minimum Gasteiger partial charge on any atom is -0.462 e. The van der Waals surface area contributed by atoms with Crippen molar-refractivity contribution >= 4 is 19.8 Å². The van der Waals surface area contributed by atoms with Crippen LogP contribution in [-0.2, 0) is 32.7 Å². The van der Waals surface area contributed by atoms with Crippen LogP contribution in [0.15, 0.2) is 12.2 Å². The van der Waals surface area contributed by atoms with Gasteiger partial charge in [0.2, 0.25) is 0 Å². The van der Waals surface area contributed by atoms with Gasteiger partial charge in [0.05, 0.1) is 27.7 Å². The summed E-state index contributed by atoms with van der Waals surface area (Å²) >= 11 is 0. The van der Waals surface area contributed by atoms with E-state index < -0.39 is 32.5 Å². The van der Waals surface area contributed by atoms with E-state index in [0.29, 0.717) is 11.0 Å². The first-order chi connectivity index (χ1) is 17.9. The first-order valence-electron chi connectivity index (χ1n) is 14.4. The fourth-order valence-corrected chi connectivity index (χ4v) is 4.34. The molecule has 0 aliphatic rings. The van der Waals surface area contributed by atoms with E-state index in [-0.39, 0.29) is 19.6 Å². The summed E-state index contributed by atoms with van der Waals surface area (Å²) in [6.45, 7) is 3.32. The highest BCUT2D eigenvalue weighted by Gasteiger charge is 2.26. The van der Waals surface area contributed by atoms with Gasteiger partial charge in [0.25, 0.3) is 0 Å². The normalized spacial score (nSPS) is 14.4. The molecule has 1 N–H and O–H groups in total. The number of rotatable bonds is 25. The lowest BCUT2D eigenvalue weighted by Gasteiger charge is -2.24. The zero-order valence-electron chi connectivity index (χ0n) is 24.7. The second kappa shape index (κ2) is 22.6. The maximum Gasteiger partial charge on any atom is 0.472 e. The third-order valence-corrected chi connectivity index (χ3v) is 6.83. The summed E-state index contributed by atoms with van der Waals surface area (Å²) in [6, 6.07) is 0. The van der Waals surface area contributed by atoms with Crippen molar-refractivity contribution in [1.29, 1.82) is 0 Å². The number of hydrogen-bond donors (Lipinski definition) is 1. The number of phosphoric ester groups is 1. The monoisotopic (exact) mass is 564 g/mol. The van der Waals surface area contributed by atoms with Gasteiger partial charge < -0.3 is 18.9 Å². The fourth-order valence-electron chi connectivity index (χ4n) is 3.59. The van der Waals surface area contributed by atoms with Crippen LogP contribution < -0.4 is 0 Å². The van der Waals surface area contributed by atoms with Crippen LogP contribution in [0.5, 0.6) is 0 Å². The first kappa shape index (κ1) is 36.8. The first-order valence-corrected chi connectivity index (χ1v) is 15.8. The maximum absolute atomic E-state index is 12.1. The number of unbranched alkanes of at least 4 members (excludes halogenated alkanes) is 11. The third kappa shape index (κ3) is 26.4. The molecule has 0 fully saturated rings. The lowest BCUT2D eigenvalue weighted by atomic mass is 10.1. The number of esters is 2. The van der Waals surface area contributed by atoms with Gasteiger partial charge in [0.15, 0.2) is 6.10 Å². The molecule has 0 aromatic heterocycles. The predicted molar refractivity (Wildman–Crippen MR) is 151 cm³/mol. The Hall–Kier alpha value is -1.25. The molecule has 0 bridgehead atoms. The molecule has 2 atom stereocenters. The van der Waals surface area contributed by atoms with Crippen molar-refractivity contribution in [3.8, 4) is 0 Å². The van der Waals surface area contributed by atoms with Crippen molar-refractivity contribution in [3.63, 3.8) is 0 Å². The smallest absolute Gasteiger partial charge is 0.462 e. The fraction of sp³-hybridized carbons (Fsp3) is 0.857. The highest BCUT2D eigenvalue weighted by Crippen LogP contribution is 2.43. The molecule has 1 unspecified atom stereocenters. The molecule has 9 nitrogen and oxygen atoms in total. The molecule has 0 aromatic carbocycles. The molecule has 0 saturated carbocycles. The van der Waals surface area contributed by atoms with E-state index in [1.54, 1.807) is 0 Å². The average Bonchev–Trinajstić information content (AvgIpc) is 2.82. The lowest BCUT2D eigenvalue weighted by molar-refractivity contribution is -0.870. The molecule has 0 radical (unpaired) electrons. The van der Waals surface area contributed by atoms with Crippen molar-refractivity contribution in [2.24, 2.45) is 0 Å². The summed E-state index contributed by atoms with van der Waals surface area (Å²) in [5.74, 6) is -1.00. The topological polar surface area (TPSA) is 108 Å². The number of ether oxygens (including phenoxy) is 2. The van der Waals surface area contributed by atoms with Crippen molar-refractivity contribution in [2.45, 2.75) is 110 Å². The second-order valence-electron chi connectivity index (χ2n) is 10.9. The Morgan fingerprint density at radius 3 is 1.95 bits per heavy atom. The van der Waals surface area contributed by atoms with Gasteiger partial charge >= 0.3 is 19.8 Å². The SMILES string of the molecule is CCCCCCCC/C=C/CCCCCCCC(=O)OC[C@H](COP(=O)(O)OCC[N+](C)(C)C)OC(C)=O. The van der Waals surface area contributed by atoms with E-state index in [0.717, 1.165) is 38.5 Å². The molecule has 0 aromatic rings. The van der Waals surface area contributed by atoms with Crippen LogP contribution in [0.4, 0.5) is 0 Å². The Labute approximate surface area is 231 Å². The van der Waals surface area contributed by atoms with Gasteiger partial charge in [0, 0.05) is 13.3 Å². The Morgan fingerprint density at radius 1 is 0.842 bits per heavy atom. The lowest BCUT2D eigenvalue weighted by Crippen LogP contribution is -2.37. The number of carbonyl (C=O) groups excluding carboxylic acids is 2. The second-order valence-corrected chi connectivity index (χ2v) is 12.3. The zero-order chi connectivity index (χ0) is 28.7. The highest BCUT2D eigenvalue weighted by molar-refractivity contribution is 7.47. The van der Waals surface area contributed by atoms with Crippen molar-refractivity contribution in [2.75, 3.05) is 47.5 Å². The Balaban J connectivity index is 3.94. The summed E-state index contributed by atoms with van der Waals surface area (Å²) in [6.07, 6.45) is 19.2. The Kier molecular flexibility index (Phi) is 21.8. The van der Waals surface area contributed by atoms with Crippen LogP contribution >= 0.6 is 7.82 Å². The number of carbonyl (C=O) groups is 2. The number of likely N-dealkylation sites (N-methyl/N-ethyl adjacent to an activating group) is 1. The number of phosphoric acid groups is 1. The summed E-state index contributed by atoms with van der Waals surface area (Å²) in [5, 5.41) is 0. The van der Waals surface area contributed by atoms with Crippen molar-refractivity contribution in [3.05, 3.63) is 12.2 Å². The summed E-state index contributed by atoms with van der Waals surface area (Å²) in [7, 11) is 1.46. The van der Waals surface area contributed by atoms with Gasteiger partial charge in [0.1, 0.15) is 19.8 Å². The van der Waals surface area contributed by atoms with E-state index in [1.165, 1.54) is 51.9 Å². The molecule has 0 aliphatic heterocycles. The molecule has 224 valence electrons. The van der Waals surface area contributed by atoms with Gasteiger partial charge in [-0.3, -0.25) is 18.6 Å². The zero-order valence-corrected chi connectivity index (χ0v) is 25.6. The highest BCUT2D eigenvalue weighted by atomic mass is 31.2. The van der Waals surface area contributed by atoms with E-state index in [9.17, 15) is 19.0 Å². The van der Waals surface area contributed by atoms with Crippen LogP contribution in [-0.4, -0.2) is 74.9 Å². The third-order valence-electron chi connectivity index (χ3n) is 5.85. The van der Waals surface area contributed by atoms with Crippen LogP contribution in [0.3, 0.4) is 0 Å². The molecular weight excluding hydrogens is 509 g/mol. The van der Waals surface area contributed by atoms with E-state index in [2.05, 4.69) is 19.1 Å². The predicted octanol–water partition coefficient (Wildman–Crippen LogP) is 6.34. The van der Waals surface area contributed by atoms with Crippen molar-refractivity contribution < 1.29 is 42.1 Å². The van der Waals surface area contributed by atoms with Crippen LogP contribution in [0.1, 0.15) is 104 Å². The van der Waals surface area contributed by atoms with Gasteiger partial charge in [-0.15, -0.1) is 0 Å². The van der Waals surface area contributed by atoms with E-state index in [4.69, 9.17) is 18.5 Å². The van der Waals surface area contributed by atoms with E-state index in [1.807, 2.05) is 21.1 Å². The molecule has 0 saturated heterocycles. The van der Waals surface area contributed by atoms with Gasteiger partial charge in [-0.1, -0.05) is 70.4 Å². The molecule has 0 amide bonds. The van der Waals surface area contributed by atoms with Crippen LogP contribution in [0.2, 0.25) is 0 Å². The Morgan fingerprint density at radius 2 is 1.39 bits per heavy atom. The molecule has 10 heteroatoms. The molecule has 0 aliphatic carbocycles. The number of allylic oxidation sites excluding steroid dienone is 2. The van der Waals surface area contributed by atoms with Gasteiger partial charge in [-0.25, -0.2) is 4.57 Å². The largest absolute Gasteiger partial charge is 0.472 e. The molecule has 0 spiro atoms. The molecule has 0 heterocycles. The standard InChI is InChI=1S/C28H54NO8P/c1-6-7-8-9-10-11-12-13-14-15-16-17-18-19-20-21-28(31)34-24-27(37-26(2)30)25-36-38(32,33)35-23-22-29(3,4)5/h13-14,27H,6-12,15-25H2,1-5H3/p+1/b14-13+/t27-/m1/s1. The van der Waals surface area contributed by atoms with Crippen molar-refractivity contribution in [1.82, 2.24) is 0 Å². The van der Waals surface area contributed by atoms with Gasteiger partial charge in [-0.05, 0) is 32.1 Å². The summed E-state index contributed by atoms with van der Waals surface area (Å²) in [4.78, 5) is 33.2. The number of quaternary nitrogens is 1. The van der Waals surface area contributed by atoms with Crippen LogP contribution in [0, 0.1) is 0 Å². The minimum atomic E-state index is -4.32. The quantitative estimate of drug-likeness (QED) is 0.0450. The molecular formula is C28H55NO8P+. The number of nitrogens with zero attached hydrogens (tertiary/aromatic N) is 1. The maximum atomic E-state index is 12.1.